The normalized spacial score (nSPS) is 33.6. The number of piperidine rings is 1. The molecular formula is C12H22N2. The quantitative estimate of drug-likeness (QED) is 0.731. The molecule has 1 aliphatic heterocycles. The van der Waals surface area contributed by atoms with Gasteiger partial charge in [-0.15, -0.1) is 0 Å². The van der Waals surface area contributed by atoms with E-state index in [9.17, 15) is 0 Å². The number of hydrogen-bond acceptors (Lipinski definition) is 2. The predicted molar refractivity (Wildman–Crippen MR) is 58.3 cm³/mol. The summed E-state index contributed by atoms with van der Waals surface area (Å²) in [6, 6.07) is 1.98. The van der Waals surface area contributed by atoms with Crippen molar-refractivity contribution in [1.82, 2.24) is 10.2 Å². The fraction of sp³-hybridized carbons (Fsp3) is 1.00. The summed E-state index contributed by atoms with van der Waals surface area (Å²) in [6.45, 7) is 3.92. The third kappa shape index (κ3) is 2.12. The van der Waals surface area contributed by atoms with E-state index in [1.54, 1.807) is 0 Å². The highest BCUT2D eigenvalue weighted by molar-refractivity contribution is 4.95. The van der Waals surface area contributed by atoms with Crippen molar-refractivity contribution in [2.24, 2.45) is 5.92 Å². The Morgan fingerprint density at radius 1 is 1.00 bits per heavy atom. The van der Waals surface area contributed by atoms with Crippen molar-refractivity contribution in [1.29, 1.82) is 0 Å². The van der Waals surface area contributed by atoms with Crippen LogP contribution in [-0.4, -0.2) is 36.6 Å². The van der Waals surface area contributed by atoms with Crippen LogP contribution in [0.15, 0.2) is 0 Å². The highest BCUT2D eigenvalue weighted by Crippen LogP contribution is 2.38. The van der Waals surface area contributed by atoms with Gasteiger partial charge < -0.3 is 5.32 Å². The molecule has 0 aromatic rings. The molecule has 1 N–H and O–H groups in total. The molecule has 2 saturated carbocycles. The maximum Gasteiger partial charge on any atom is 0.00994 e. The minimum atomic E-state index is 0.949. The first-order chi connectivity index (χ1) is 6.93. The summed E-state index contributed by atoms with van der Waals surface area (Å²) in [7, 11) is 0. The lowest BCUT2D eigenvalue weighted by Gasteiger charge is -2.30. The first-order valence-corrected chi connectivity index (χ1v) is 6.40. The van der Waals surface area contributed by atoms with Gasteiger partial charge in [-0.25, -0.2) is 0 Å². The van der Waals surface area contributed by atoms with Gasteiger partial charge in [0.05, 0.1) is 0 Å². The summed E-state index contributed by atoms with van der Waals surface area (Å²) < 4.78 is 0. The average molecular weight is 194 g/mol. The van der Waals surface area contributed by atoms with E-state index in [1.165, 1.54) is 58.2 Å². The first kappa shape index (κ1) is 9.17. The molecule has 1 heterocycles. The van der Waals surface area contributed by atoms with Gasteiger partial charge in [0, 0.05) is 18.6 Å². The maximum absolute atomic E-state index is 3.53. The van der Waals surface area contributed by atoms with Gasteiger partial charge in [0.2, 0.25) is 0 Å². The van der Waals surface area contributed by atoms with Crippen molar-refractivity contribution >= 4 is 0 Å². The molecule has 3 aliphatic rings. The van der Waals surface area contributed by atoms with Crippen LogP contribution >= 0.6 is 0 Å². The molecule has 2 heteroatoms. The van der Waals surface area contributed by atoms with Gasteiger partial charge in [0.1, 0.15) is 0 Å². The standard InChI is InChI=1S/C12H22N2/c1-2-10(8-13-7-1)9-14(11-3-4-11)12-5-6-12/h10-13H,1-9H2. The molecule has 0 bridgehead atoms. The summed E-state index contributed by atoms with van der Waals surface area (Å²) in [5.41, 5.74) is 0. The summed E-state index contributed by atoms with van der Waals surface area (Å²) in [5, 5.41) is 3.53. The first-order valence-electron chi connectivity index (χ1n) is 6.40. The maximum atomic E-state index is 3.53. The van der Waals surface area contributed by atoms with Crippen molar-refractivity contribution in [2.75, 3.05) is 19.6 Å². The van der Waals surface area contributed by atoms with E-state index >= 15 is 0 Å². The Balaban J connectivity index is 1.52. The van der Waals surface area contributed by atoms with E-state index in [4.69, 9.17) is 0 Å². The molecule has 0 amide bonds. The fourth-order valence-corrected chi connectivity index (χ4v) is 2.79. The molecule has 0 aromatic carbocycles. The van der Waals surface area contributed by atoms with E-state index in [0.29, 0.717) is 0 Å². The number of hydrogen-bond donors (Lipinski definition) is 1. The minimum Gasteiger partial charge on any atom is -0.316 e. The second-order valence-corrected chi connectivity index (χ2v) is 5.37. The Morgan fingerprint density at radius 2 is 1.71 bits per heavy atom. The molecule has 0 spiro atoms. The summed E-state index contributed by atoms with van der Waals surface area (Å²) in [4.78, 5) is 2.83. The van der Waals surface area contributed by atoms with E-state index < -0.39 is 0 Å². The minimum absolute atomic E-state index is 0.949. The molecule has 0 radical (unpaired) electrons. The lowest BCUT2D eigenvalue weighted by molar-refractivity contribution is 0.191. The highest BCUT2D eigenvalue weighted by Gasteiger charge is 2.39. The SMILES string of the molecule is C1CNCC(CN(C2CC2)C2CC2)C1. The molecule has 3 rings (SSSR count). The van der Waals surface area contributed by atoms with Crippen molar-refractivity contribution < 1.29 is 0 Å². The molecule has 14 heavy (non-hydrogen) atoms. The van der Waals surface area contributed by atoms with Crippen molar-refractivity contribution in [2.45, 2.75) is 50.6 Å². The predicted octanol–water partition coefficient (Wildman–Crippen LogP) is 1.61. The van der Waals surface area contributed by atoms with Crippen molar-refractivity contribution in [3.63, 3.8) is 0 Å². The van der Waals surface area contributed by atoms with E-state index in [2.05, 4.69) is 10.2 Å². The molecule has 1 saturated heterocycles. The van der Waals surface area contributed by atoms with E-state index in [-0.39, 0.29) is 0 Å². The molecule has 1 unspecified atom stereocenters. The second-order valence-electron chi connectivity index (χ2n) is 5.37. The molecule has 2 aliphatic carbocycles. The zero-order valence-corrected chi connectivity index (χ0v) is 9.04. The van der Waals surface area contributed by atoms with Gasteiger partial charge in [-0.1, -0.05) is 0 Å². The smallest absolute Gasteiger partial charge is 0.00994 e. The van der Waals surface area contributed by atoms with Gasteiger partial charge in [0.15, 0.2) is 0 Å². The second kappa shape index (κ2) is 3.82. The van der Waals surface area contributed by atoms with Crippen LogP contribution in [0, 0.1) is 5.92 Å². The molecule has 3 fully saturated rings. The topological polar surface area (TPSA) is 15.3 Å². The van der Waals surface area contributed by atoms with Crippen molar-refractivity contribution in [3.8, 4) is 0 Å². The third-order valence-electron chi connectivity index (χ3n) is 3.90. The molecule has 80 valence electrons. The van der Waals surface area contributed by atoms with Crippen LogP contribution in [0.2, 0.25) is 0 Å². The Hall–Kier alpha value is -0.0800. The van der Waals surface area contributed by atoms with Gasteiger partial charge in [-0.05, 0) is 57.5 Å². The lowest BCUT2D eigenvalue weighted by Crippen LogP contribution is -2.40. The third-order valence-corrected chi connectivity index (χ3v) is 3.90. The summed E-state index contributed by atoms with van der Waals surface area (Å²) in [6.07, 6.45) is 8.79. The highest BCUT2D eigenvalue weighted by atomic mass is 15.2. The Morgan fingerprint density at radius 3 is 2.21 bits per heavy atom. The van der Waals surface area contributed by atoms with Gasteiger partial charge in [-0.3, -0.25) is 4.90 Å². The van der Waals surface area contributed by atoms with Crippen LogP contribution in [0.25, 0.3) is 0 Å². The Kier molecular flexibility index (Phi) is 2.50. The average Bonchev–Trinajstić information content (AvgIpc) is 3.08. The van der Waals surface area contributed by atoms with Crippen LogP contribution < -0.4 is 5.32 Å². The zero-order chi connectivity index (χ0) is 9.38. The van der Waals surface area contributed by atoms with Crippen LogP contribution in [-0.2, 0) is 0 Å². The van der Waals surface area contributed by atoms with E-state index in [0.717, 1.165) is 18.0 Å². The number of nitrogens with zero attached hydrogens (tertiary/aromatic N) is 1. The van der Waals surface area contributed by atoms with Gasteiger partial charge in [-0.2, -0.15) is 0 Å². The lowest BCUT2D eigenvalue weighted by atomic mass is 9.99. The van der Waals surface area contributed by atoms with Crippen LogP contribution in [0.1, 0.15) is 38.5 Å². The Labute approximate surface area is 87.0 Å². The largest absolute Gasteiger partial charge is 0.316 e. The van der Waals surface area contributed by atoms with Crippen LogP contribution in [0.5, 0.6) is 0 Å². The summed E-state index contributed by atoms with van der Waals surface area (Å²) >= 11 is 0. The van der Waals surface area contributed by atoms with Crippen LogP contribution in [0.3, 0.4) is 0 Å². The monoisotopic (exact) mass is 194 g/mol. The molecular weight excluding hydrogens is 172 g/mol. The van der Waals surface area contributed by atoms with Gasteiger partial charge >= 0.3 is 0 Å². The fourth-order valence-electron chi connectivity index (χ4n) is 2.79. The van der Waals surface area contributed by atoms with Crippen molar-refractivity contribution in [3.05, 3.63) is 0 Å². The van der Waals surface area contributed by atoms with Crippen LogP contribution in [0.4, 0.5) is 0 Å². The number of rotatable bonds is 4. The molecule has 2 nitrogen and oxygen atoms in total. The van der Waals surface area contributed by atoms with Gasteiger partial charge in [0.25, 0.3) is 0 Å². The Bertz CT molecular complexity index is 178. The zero-order valence-electron chi connectivity index (χ0n) is 9.04. The molecule has 1 atom stereocenters. The molecule has 0 aromatic heterocycles. The van der Waals surface area contributed by atoms with E-state index in [1.807, 2.05) is 0 Å². The summed E-state index contributed by atoms with van der Waals surface area (Å²) in [5.74, 6) is 0.949. The number of nitrogens with one attached hydrogen (secondary N) is 1.